The van der Waals surface area contributed by atoms with Crippen LogP contribution in [0.4, 0.5) is 0 Å². The van der Waals surface area contributed by atoms with Gasteiger partial charge >= 0.3 is 0 Å². The Balaban J connectivity index is 0.908. The largest absolute Gasteiger partial charge is 0.456 e. The minimum Gasteiger partial charge on any atom is -0.456 e. The Kier molecular flexibility index (Phi) is 7.85. The van der Waals surface area contributed by atoms with Crippen LogP contribution in [0.25, 0.3) is 105 Å². The molecule has 0 N–H and O–H groups in total. The first kappa shape index (κ1) is 34.1. The fourth-order valence-electron chi connectivity index (χ4n) is 9.06. The molecule has 0 atom stereocenters. The van der Waals surface area contributed by atoms with E-state index in [2.05, 4.69) is 217 Å². The summed E-state index contributed by atoms with van der Waals surface area (Å²) in [7, 11) is 0. The van der Waals surface area contributed by atoms with Crippen molar-refractivity contribution in [3.8, 4) is 84.2 Å². The lowest BCUT2D eigenvalue weighted by molar-refractivity contribution is 0.487. The van der Waals surface area contributed by atoms with Gasteiger partial charge < -0.3 is 9.30 Å². The van der Waals surface area contributed by atoms with E-state index >= 15 is 0 Å². The van der Waals surface area contributed by atoms with Gasteiger partial charge in [0.1, 0.15) is 11.5 Å². The third kappa shape index (κ3) is 5.71. The highest BCUT2D eigenvalue weighted by atomic mass is 16.5. The molecule has 1 aliphatic heterocycles. The highest BCUT2D eigenvalue weighted by Gasteiger charge is 2.21. The first-order chi connectivity index (χ1) is 29.7. The third-order valence-electron chi connectivity index (χ3n) is 12.0. The molecule has 0 spiro atoms. The van der Waals surface area contributed by atoms with Crippen LogP contribution in [0.1, 0.15) is 0 Å². The van der Waals surface area contributed by atoms with Crippen LogP contribution in [0, 0.1) is 0 Å². The number of benzene rings is 9. The zero-order valence-electron chi connectivity index (χ0n) is 32.6. The van der Waals surface area contributed by atoms with Gasteiger partial charge in [0.25, 0.3) is 0 Å². The van der Waals surface area contributed by atoms with Crippen LogP contribution in [0.3, 0.4) is 0 Å². The predicted molar refractivity (Wildman–Crippen MR) is 249 cm³/mol. The lowest BCUT2D eigenvalue weighted by Gasteiger charge is -2.22. The van der Waals surface area contributed by atoms with Gasteiger partial charge in [-0.3, -0.25) is 0 Å². The topological polar surface area (TPSA) is 27.1 Å². The summed E-state index contributed by atoms with van der Waals surface area (Å²) in [5.74, 6) is 1.81. The first-order valence-electron chi connectivity index (χ1n) is 20.4. The zero-order valence-corrected chi connectivity index (χ0v) is 32.6. The van der Waals surface area contributed by atoms with Gasteiger partial charge in [0.15, 0.2) is 0 Å². The van der Waals surface area contributed by atoms with Crippen molar-refractivity contribution in [1.82, 2.24) is 9.55 Å². The van der Waals surface area contributed by atoms with Gasteiger partial charge in [-0.05, 0) is 105 Å². The maximum Gasteiger partial charge on any atom is 0.135 e. The summed E-state index contributed by atoms with van der Waals surface area (Å²) in [6.07, 6.45) is 0. The van der Waals surface area contributed by atoms with Crippen LogP contribution < -0.4 is 4.74 Å². The molecule has 9 aromatic carbocycles. The molecule has 3 heteroatoms. The molecule has 1 aliphatic rings. The lowest BCUT2D eigenvalue weighted by atomic mass is 9.92. The third-order valence-corrected chi connectivity index (χ3v) is 12.0. The van der Waals surface area contributed by atoms with E-state index in [1.54, 1.807) is 0 Å². The van der Waals surface area contributed by atoms with Crippen LogP contribution in [-0.2, 0) is 0 Å². The SMILES string of the molecule is c1ccc(-c2cc(-c3ccccc3)nc(-c3ccc(-c4cccc(-n5c6ccccc6c6cc(-c7ccc8c(c7)-c7cccc9cccc(c79)O8)ccc65)c4)cc3)c2)cc1. The van der Waals surface area contributed by atoms with Crippen molar-refractivity contribution in [2.45, 2.75) is 0 Å². The van der Waals surface area contributed by atoms with E-state index in [1.165, 1.54) is 49.3 Å². The Morgan fingerprint density at radius 3 is 1.73 bits per heavy atom. The zero-order chi connectivity index (χ0) is 39.6. The summed E-state index contributed by atoms with van der Waals surface area (Å²) in [4.78, 5) is 5.16. The molecular formula is C57H36N2O. The molecule has 0 amide bonds. The molecule has 12 rings (SSSR count). The van der Waals surface area contributed by atoms with Crippen LogP contribution in [-0.4, -0.2) is 9.55 Å². The number of pyridine rings is 1. The molecule has 11 aromatic rings. The molecule has 60 heavy (non-hydrogen) atoms. The van der Waals surface area contributed by atoms with E-state index in [0.717, 1.165) is 67.5 Å². The fraction of sp³-hybridized carbons (Fsp3) is 0. The number of nitrogens with zero attached hydrogens (tertiary/aromatic N) is 2. The Hall–Kier alpha value is -8.01. The smallest absolute Gasteiger partial charge is 0.135 e. The molecule has 0 radical (unpaired) electrons. The van der Waals surface area contributed by atoms with Gasteiger partial charge in [-0.15, -0.1) is 0 Å². The maximum absolute atomic E-state index is 6.42. The van der Waals surface area contributed by atoms with E-state index in [4.69, 9.17) is 9.72 Å². The monoisotopic (exact) mass is 764 g/mol. The summed E-state index contributed by atoms with van der Waals surface area (Å²) in [5.41, 5.74) is 16.9. The van der Waals surface area contributed by atoms with Crippen molar-refractivity contribution in [2.75, 3.05) is 0 Å². The molecule has 0 unspecified atom stereocenters. The second kappa shape index (κ2) is 13.8. The quantitative estimate of drug-likeness (QED) is 0.169. The first-order valence-corrected chi connectivity index (χ1v) is 20.4. The van der Waals surface area contributed by atoms with Crippen molar-refractivity contribution in [2.24, 2.45) is 0 Å². The predicted octanol–water partition coefficient (Wildman–Crippen LogP) is 15.4. The number of hydrogen-bond donors (Lipinski definition) is 0. The van der Waals surface area contributed by atoms with Crippen molar-refractivity contribution in [3.63, 3.8) is 0 Å². The summed E-state index contributed by atoms with van der Waals surface area (Å²) >= 11 is 0. The van der Waals surface area contributed by atoms with Crippen molar-refractivity contribution in [3.05, 3.63) is 218 Å². The molecule has 0 fully saturated rings. The number of ether oxygens (including phenoxy) is 1. The molecule has 2 aromatic heterocycles. The molecule has 0 bridgehead atoms. The summed E-state index contributed by atoms with van der Waals surface area (Å²) in [6, 6.07) is 78.0. The highest BCUT2D eigenvalue weighted by Crippen LogP contribution is 2.48. The summed E-state index contributed by atoms with van der Waals surface area (Å²) in [5, 5.41) is 4.81. The Morgan fingerprint density at radius 2 is 0.917 bits per heavy atom. The van der Waals surface area contributed by atoms with Gasteiger partial charge in [0.05, 0.1) is 22.4 Å². The van der Waals surface area contributed by atoms with Crippen LogP contribution >= 0.6 is 0 Å². The van der Waals surface area contributed by atoms with E-state index in [0.29, 0.717) is 0 Å². The van der Waals surface area contributed by atoms with Gasteiger partial charge in [-0.2, -0.15) is 0 Å². The van der Waals surface area contributed by atoms with Gasteiger partial charge in [0.2, 0.25) is 0 Å². The summed E-state index contributed by atoms with van der Waals surface area (Å²) in [6.45, 7) is 0. The van der Waals surface area contributed by atoms with E-state index in [9.17, 15) is 0 Å². The summed E-state index contributed by atoms with van der Waals surface area (Å²) < 4.78 is 8.82. The maximum atomic E-state index is 6.42. The minimum absolute atomic E-state index is 0.892. The molecule has 0 aliphatic carbocycles. The van der Waals surface area contributed by atoms with Crippen LogP contribution in [0.2, 0.25) is 0 Å². The minimum atomic E-state index is 0.892. The Bertz CT molecular complexity index is 3380. The molecule has 3 nitrogen and oxygen atoms in total. The van der Waals surface area contributed by atoms with Gasteiger partial charge in [0, 0.05) is 38.5 Å². The fourth-order valence-corrected chi connectivity index (χ4v) is 9.06. The van der Waals surface area contributed by atoms with E-state index in [1.807, 2.05) is 6.07 Å². The number of para-hydroxylation sites is 1. The average molecular weight is 765 g/mol. The molecular weight excluding hydrogens is 729 g/mol. The Morgan fingerprint density at radius 1 is 0.333 bits per heavy atom. The van der Waals surface area contributed by atoms with Crippen molar-refractivity contribution in [1.29, 1.82) is 0 Å². The molecule has 280 valence electrons. The van der Waals surface area contributed by atoms with Gasteiger partial charge in [-0.1, -0.05) is 158 Å². The molecule has 0 saturated carbocycles. The van der Waals surface area contributed by atoms with E-state index < -0.39 is 0 Å². The van der Waals surface area contributed by atoms with Crippen LogP contribution in [0.5, 0.6) is 11.5 Å². The van der Waals surface area contributed by atoms with Crippen molar-refractivity contribution < 1.29 is 4.74 Å². The highest BCUT2D eigenvalue weighted by molar-refractivity contribution is 6.11. The second-order valence-electron chi connectivity index (χ2n) is 15.5. The molecule has 3 heterocycles. The van der Waals surface area contributed by atoms with Crippen molar-refractivity contribution >= 4 is 32.6 Å². The van der Waals surface area contributed by atoms with E-state index in [-0.39, 0.29) is 0 Å². The molecule has 0 saturated heterocycles. The standard InChI is InChI=1S/C57H36N2O/c1-3-12-37(13-4-1)45-35-51(39-14-5-2-6-15-39)58-52(36-45)40-26-24-38(25-27-40)42-18-9-19-46(32-42)59-53-22-8-7-20-47(53)49-33-43(28-30-54(49)59)44-29-31-55-50(34-44)48-21-10-16-41-17-11-23-56(60-55)57(41)48/h1-36H. The number of fused-ring (bicyclic) bond motifs is 5. The van der Waals surface area contributed by atoms with Gasteiger partial charge in [-0.25, -0.2) is 4.98 Å². The lowest BCUT2D eigenvalue weighted by Crippen LogP contribution is -1.97. The number of hydrogen-bond acceptors (Lipinski definition) is 2. The van der Waals surface area contributed by atoms with Crippen LogP contribution in [0.15, 0.2) is 218 Å². The number of rotatable bonds is 6. The second-order valence-corrected chi connectivity index (χ2v) is 15.5. The Labute approximate surface area is 348 Å². The average Bonchev–Trinajstić information content (AvgIpc) is 3.66. The normalized spacial score (nSPS) is 11.8. The number of aromatic nitrogens is 2.